The fourth-order valence-electron chi connectivity index (χ4n) is 3.43. The van der Waals surface area contributed by atoms with E-state index in [1.807, 2.05) is 44.4 Å². The maximum Gasteiger partial charge on any atom is 0.196 e. The number of hydrogen-bond donors (Lipinski definition) is 0. The molecule has 0 unspecified atom stereocenters. The molecule has 31 heavy (non-hydrogen) atoms. The van der Waals surface area contributed by atoms with Crippen LogP contribution in [0.3, 0.4) is 0 Å². The third-order valence-corrected chi connectivity index (χ3v) is 5.90. The standard InChI is InChI=1S/C23H18ClN3O3S/c1-11-7-15(13(3)29-19-5-6-20(24)27-17(19)9-25)23-16(8-11)21(28)12(2)22(30-23)18-10-31-14(4)26-18/h5-8,10,13H,1-4H3/t13-/m1/s1. The Morgan fingerprint density at radius 1 is 1.23 bits per heavy atom. The van der Waals surface area contributed by atoms with Gasteiger partial charge in [-0.1, -0.05) is 11.6 Å². The first-order chi connectivity index (χ1) is 14.8. The number of halogens is 1. The minimum absolute atomic E-state index is 0.0900. The highest BCUT2D eigenvalue weighted by Crippen LogP contribution is 2.33. The zero-order valence-corrected chi connectivity index (χ0v) is 18.9. The first kappa shape index (κ1) is 21.0. The lowest BCUT2D eigenvalue weighted by atomic mass is 10.0. The Morgan fingerprint density at radius 3 is 2.68 bits per heavy atom. The van der Waals surface area contributed by atoms with Crippen molar-refractivity contribution in [3.05, 3.63) is 72.4 Å². The molecular formula is C23H18ClN3O3S. The van der Waals surface area contributed by atoms with Crippen LogP contribution in [0.15, 0.2) is 38.9 Å². The second-order valence-electron chi connectivity index (χ2n) is 7.22. The zero-order chi connectivity index (χ0) is 22.3. The number of nitrogens with zero attached hydrogens (tertiary/aromatic N) is 3. The van der Waals surface area contributed by atoms with Gasteiger partial charge in [0.15, 0.2) is 22.6 Å². The van der Waals surface area contributed by atoms with E-state index in [0.717, 1.165) is 10.6 Å². The molecule has 6 nitrogen and oxygen atoms in total. The minimum Gasteiger partial charge on any atom is -0.483 e. The Hall–Kier alpha value is -3.21. The van der Waals surface area contributed by atoms with Crippen LogP contribution in [-0.4, -0.2) is 9.97 Å². The molecule has 0 saturated carbocycles. The lowest BCUT2D eigenvalue weighted by molar-refractivity contribution is 0.225. The van der Waals surface area contributed by atoms with Crippen LogP contribution in [0.1, 0.15) is 40.4 Å². The second kappa shape index (κ2) is 8.14. The highest BCUT2D eigenvalue weighted by molar-refractivity contribution is 7.09. The van der Waals surface area contributed by atoms with Crippen molar-refractivity contribution in [2.24, 2.45) is 0 Å². The van der Waals surface area contributed by atoms with E-state index in [4.69, 9.17) is 20.8 Å². The van der Waals surface area contributed by atoms with Gasteiger partial charge in [0.1, 0.15) is 28.6 Å². The number of hydrogen-bond acceptors (Lipinski definition) is 7. The van der Waals surface area contributed by atoms with Crippen LogP contribution in [0.4, 0.5) is 0 Å². The van der Waals surface area contributed by atoms with Crippen LogP contribution in [0.25, 0.3) is 22.4 Å². The monoisotopic (exact) mass is 451 g/mol. The van der Waals surface area contributed by atoms with Crippen molar-refractivity contribution >= 4 is 33.9 Å². The van der Waals surface area contributed by atoms with Gasteiger partial charge >= 0.3 is 0 Å². The fraction of sp³-hybridized carbons (Fsp3) is 0.217. The summed E-state index contributed by atoms with van der Waals surface area (Å²) in [6.45, 7) is 7.39. The number of rotatable bonds is 4. The number of thiazole rings is 1. The maximum absolute atomic E-state index is 13.2. The highest BCUT2D eigenvalue weighted by atomic mass is 35.5. The van der Waals surface area contributed by atoms with Crippen molar-refractivity contribution in [1.82, 2.24) is 9.97 Å². The summed E-state index contributed by atoms with van der Waals surface area (Å²) in [4.78, 5) is 21.6. The fourth-order valence-corrected chi connectivity index (χ4v) is 4.17. The van der Waals surface area contributed by atoms with Crippen molar-refractivity contribution < 1.29 is 9.15 Å². The third kappa shape index (κ3) is 3.92. The topological polar surface area (TPSA) is 89.0 Å². The van der Waals surface area contributed by atoms with E-state index in [2.05, 4.69) is 9.97 Å². The van der Waals surface area contributed by atoms with Gasteiger partial charge in [-0.15, -0.1) is 11.3 Å². The molecule has 0 amide bonds. The van der Waals surface area contributed by atoms with Crippen molar-refractivity contribution in [2.75, 3.05) is 0 Å². The lowest BCUT2D eigenvalue weighted by Crippen LogP contribution is -2.12. The summed E-state index contributed by atoms with van der Waals surface area (Å²) in [5, 5.41) is 12.8. The van der Waals surface area contributed by atoms with Crippen LogP contribution < -0.4 is 10.2 Å². The molecule has 1 atom stereocenters. The second-order valence-corrected chi connectivity index (χ2v) is 8.67. The average molecular weight is 452 g/mol. The quantitative estimate of drug-likeness (QED) is 0.359. The molecule has 0 spiro atoms. The Balaban J connectivity index is 1.89. The molecule has 0 N–H and O–H groups in total. The van der Waals surface area contributed by atoms with E-state index >= 15 is 0 Å². The number of benzene rings is 1. The number of ether oxygens (including phenoxy) is 1. The van der Waals surface area contributed by atoms with Crippen LogP contribution in [-0.2, 0) is 0 Å². The molecule has 0 aliphatic carbocycles. The SMILES string of the molecule is Cc1cc([C@@H](C)Oc2ccc(Cl)nc2C#N)c2oc(-c3csc(C)n3)c(C)c(=O)c2c1. The first-order valence-corrected chi connectivity index (χ1v) is 10.8. The molecule has 1 aromatic carbocycles. The Kier molecular flexibility index (Phi) is 5.52. The zero-order valence-electron chi connectivity index (χ0n) is 17.3. The van der Waals surface area contributed by atoms with Crippen molar-refractivity contribution in [1.29, 1.82) is 5.26 Å². The molecule has 3 aromatic heterocycles. The number of nitriles is 1. The van der Waals surface area contributed by atoms with E-state index in [1.165, 1.54) is 11.3 Å². The van der Waals surface area contributed by atoms with Gasteiger partial charge in [0.05, 0.1) is 10.4 Å². The van der Waals surface area contributed by atoms with Crippen LogP contribution >= 0.6 is 22.9 Å². The molecule has 0 fully saturated rings. The smallest absolute Gasteiger partial charge is 0.196 e. The van der Waals surface area contributed by atoms with E-state index in [9.17, 15) is 10.1 Å². The highest BCUT2D eigenvalue weighted by Gasteiger charge is 2.21. The molecule has 0 bridgehead atoms. The third-order valence-electron chi connectivity index (χ3n) is 4.92. The molecule has 3 heterocycles. The van der Waals surface area contributed by atoms with Crippen molar-refractivity contribution in [3.8, 4) is 23.3 Å². The van der Waals surface area contributed by atoms with Crippen LogP contribution in [0.5, 0.6) is 5.75 Å². The summed E-state index contributed by atoms with van der Waals surface area (Å²) in [5.74, 6) is 0.754. The summed E-state index contributed by atoms with van der Waals surface area (Å²) in [6.07, 6.45) is -0.520. The Bertz CT molecular complexity index is 1420. The van der Waals surface area contributed by atoms with Gasteiger partial charge in [-0.2, -0.15) is 5.26 Å². The average Bonchev–Trinajstić information content (AvgIpc) is 3.17. The summed E-state index contributed by atoms with van der Waals surface area (Å²) < 4.78 is 12.3. The number of aryl methyl sites for hydroxylation is 2. The predicted octanol–water partition coefficient (Wildman–Crippen LogP) is 5.90. The van der Waals surface area contributed by atoms with Crippen LogP contribution in [0.2, 0.25) is 5.15 Å². The maximum atomic E-state index is 13.2. The first-order valence-electron chi connectivity index (χ1n) is 9.52. The summed E-state index contributed by atoms with van der Waals surface area (Å²) in [6, 6.07) is 8.88. The molecule has 0 aliphatic heterocycles. The molecule has 0 saturated heterocycles. The summed E-state index contributed by atoms with van der Waals surface area (Å²) in [7, 11) is 0. The van der Waals surface area contributed by atoms with Gasteiger partial charge in [0.2, 0.25) is 0 Å². The molecule has 156 valence electrons. The molecular weight excluding hydrogens is 434 g/mol. The molecule has 4 rings (SSSR count). The molecule has 0 radical (unpaired) electrons. The van der Waals surface area contributed by atoms with E-state index in [-0.39, 0.29) is 16.3 Å². The van der Waals surface area contributed by atoms with Gasteiger partial charge in [-0.3, -0.25) is 4.79 Å². The van der Waals surface area contributed by atoms with Crippen LogP contribution in [0, 0.1) is 32.1 Å². The molecule has 8 heteroatoms. The molecule has 4 aromatic rings. The summed E-state index contributed by atoms with van der Waals surface area (Å²) >= 11 is 7.38. The number of aromatic nitrogens is 2. The Morgan fingerprint density at radius 2 is 2.00 bits per heavy atom. The van der Waals surface area contributed by atoms with Gasteiger partial charge in [0, 0.05) is 16.5 Å². The van der Waals surface area contributed by atoms with Gasteiger partial charge in [0.25, 0.3) is 0 Å². The van der Waals surface area contributed by atoms with Crippen molar-refractivity contribution in [2.45, 2.75) is 33.8 Å². The number of fused-ring (bicyclic) bond motifs is 1. The van der Waals surface area contributed by atoms with Crippen molar-refractivity contribution in [3.63, 3.8) is 0 Å². The van der Waals surface area contributed by atoms with E-state index in [1.54, 1.807) is 19.1 Å². The normalized spacial score (nSPS) is 12.0. The Labute approximate surface area is 187 Å². The van der Waals surface area contributed by atoms with Gasteiger partial charge < -0.3 is 9.15 Å². The van der Waals surface area contributed by atoms with Gasteiger partial charge in [-0.25, -0.2) is 9.97 Å². The predicted molar refractivity (Wildman–Crippen MR) is 121 cm³/mol. The summed E-state index contributed by atoms with van der Waals surface area (Å²) in [5.41, 5.74) is 3.16. The lowest BCUT2D eigenvalue weighted by Gasteiger charge is -2.18. The van der Waals surface area contributed by atoms with Gasteiger partial charge in [-0.05, 0) is 57.5 Å². The number of pyridine rings is 1. The molecule has 0 aliphatic rings. The largest absolute Gasteiger partial charge is 0.483 e. The van der Waals surface area contributed by atoms with E-state index in [0.29, 0.717) is 39.3 Å². The minimum atomic E-state index is -0.520. The van der Waals surface area contributed by atoms with E-state index < -0.39 is 6.10 Å².